The van der Waals surface area contributed by atoms with Gasteiger partial charge in [0.1, 0.15) is 5.76 Å². The summed E-state index contributed by atoms with van der Waals surface area (Å²) in [6.45, 7) is 11.3. The largest absolute Gasteiger partial charge is 0.447 e. The number of hydrogen-bond acceptors (Lipinski definition) is 4. The maximum absolute atomic E-state index is 12.2. The standard InChI is InChI=1S/C14H26N2O3S/c1-6-9-15-10-12-7-8-13(19-12)20(17,18)16-11(2)14(3,4)5/h7-8,11,15-16H,6,9-10H2,1-5H3. The molecule has 0 saturated heterocycles. The summed E-state index contributed by atoms with van der Waals surface area (Å²) >= 11 is 0. The van der Waals surface area contributed by atoms with Crippen LogP contribution in [-0.4, -0.2) is 21.0 Å². The number of hydrogen-bond donors (Lipinski definition) is 2. The van der Waals surface area contributed by atoms with Crippen molar-refractivity contribution in [2.75, 3.05) is 6.54 Å². The van der Waals surface area contributed by atoms with E-state index in [1.54, 1.807) is 6.07 Å². The molecule has 0 spiro atoms. The van der Waals surface area contributed by atoms with Gasteiger partial charge in [-0.25, -0.2) is 13.1 Å². The Morgan fingerprint density at radius 2 is 1.95 bits per heavy atom. The van der Waals surface area contributed by atoms with Crippen LogP contribution in [-0.2, 0) is 16.6 Å². The molecule has 0 radical (unpaired) electrons. The van der Waals surface area contributed by atoms with Gasteiger partial charge in [0, 0.05) is 6.04 Å². The Morgan fingerprint density at radius 1 is 1.30 bits per heavy atom. The molecule has 0 aliphatic carbocycles. The van der Waals surface area contributed by atoms with Crippen LogP contribution in [0.25, 0.3) is 0 Å². The molecule has 1 heterocycles. The maximum Gasteiger partial charge on any atom is 0.274 e. The first kappa shape index (κ1) is 17.2. The fourth-order valence-corrected chi connectivity index (χ4v) is 2.85. The molecule has 1 rings (SSSR count). The predicted octanol–water partition coefficient (Wildman–Crippen LogP) is 2.49. The third-order valence-electron chi connectivity index (χ3n) is 3.26. The van der Waals surface area contributed by atoms with Crippen LogP contribution in [0.4, 0.5) is 0 Å². The third-order valence-corrected chi connectivity index (χ3v) is 4.67. The fraction of sp³-hybridized carbons (Fsp3) is 0.714. The summed E-state index contributed by atoms with van der Waals surface area (Å²) in [6, 6.07) is 3.01. The lowest BCUT2D eigenvalue weighted by Gasteiger charge is -2.27. The Hall–Kier alpha value is -0.850. The van der Waals surface area contributed by atoms with E-state index in [9.17, 15) is 8.42 Å². The van der Waals surface area contributed by atoms with Crippen molar-refractivity contribution < 1.29 is 12.8 Å². The topological polar surface area (TPSA) is 71.3 Å². The molecule has 5 nitrogen and oxygen atoms in total. The van der Waals surface area contributed by atoms with Gasteiger partial charge in [0.2, 0.25) is 5.09 Å². The van der Waals surface area contributed by atoms with Gasteiger partial charge in [0.05, 0.1) is 6.54 Å². The lowest BCUT2D eigenvalue weighted by atomic mass is 9.89. The molecule has 0 bridgehead atoms. The second-order valence-corrected chi connectivity index (χ2v) is 7.75. The summed E-state index contributed by atoms with van der Waals surface area (Å²) < 4.78 is 32.5. The normalized spacial score (nSPS) is 14.4. The molecule has 0 saturated carbocycles. The second-order valence-electron chi connectivity index (χ2n) is 6.11. The van der Waals surface area contributed by atoms with Crippen molar-refractivity contribution in [3.8, 4) is 0 Å². The molecule has 0 aliphatic rings. The van der Waals surface area contributed by atoms with Crippen LogP contribution >= 0.6 is 0 Å². The highest BCUT2D eigenvalue weighted by molar-refractivity contribution is 7.89. The van der Waals surface area contributed by atoms with Gasteiger partial charge < -0.3 is 9.73 Å². The summed E-state index contributed by atoms with van der Waals surface area (Å²) in [4.78, 5) is 0. The minimum absolute atomic E-state index is 0.0260. The van der Waals surface area contributed by atoms with Gasteiger partial charge in [0.15, 0.2) is 0 Å². The average Bonchev–Trinajstić information content (AvgIpc) is 2.77. The Kier molecular flexibility index (Phi) is 5.79. The zero-order valence-corrected chi connectivity index (χ0v) is 13.8. The maximum atomic E-state index is 12.2. The van der Waals surface area contributed by atoms with Crippen LogP contribution < -0.4 is 10.0 Å². The van der Waals surface area contributed by atoms with Gasteiger partial charge in [-0.3, -0.25) is 0 Å². The number of furan rings is 1. The summed E-state index contributed by atoms with van der Waals surface area (Å²) in [5.74, 6) is 0.627. The van der Waals surface area contributed by atoms with E-state index in [1.165, 1.54) is 6.07 Å². The molecular formula is C14H26N2O3S. The molecule has 1 aromatic rings. The predicted molar refractivity (Wildman–Crippen MR) is 79.9 cm³/mol. The van der Waals surface area contributed by atoms with Gasteiger partial charge >= 0.3 is 0 Å². The highest BCUT2D eigenvalue weighted by Gasteiger charge is 2.27. The molecule has 1 unspecified atom stereocenters. The molecule has 6 heteroatoms. The Bertz CT molecular complexity index is 515. The lowest BCUT2D eigenvalue weighted by Crippen LogP contribution is -2.41. The Labute approximate surface area is 122 Å². The molecule has 116 valence electrons. The van der Waals surface area contributed by atoms with Crippen molar-refractivity contribution in [3.05, 3.63) is 17.9 Å². The smallest absolute Gasteiger partial charge is 0.274 e. The SMILES string of the molecule is CCCNCc1ccc(S(=O)(=O)NC(C)C(C)(C)C)o1. The van der Waals surface area contributed by atoms with Crippen molar-refractivity contribution in [1.29, 1.82) is 0 Å². The van der Waals surface area contributed by atoms with E-state index in [4.69, 9.17) is 4.42 Å². The van der Waals surface area contributed by atoms with Gasteiger partial charge in [0.25, 0.3) is 10.0 Å². The molecule has 0 fully saturated rings. The summed E-state index contributed by atoms with van der Waals surface area (Å²) in [5.41, 5.74) is -0.148. The highest BCUT2D eigenvalue weighted by Crippen LogP contribution is 2.21. The summed E-state index contributed by atoms with van der Waals surface area (Å²) in [6.07, 6.45) is 1.02. The Balaban J connectivity index is 2.73. The van der Waals surface area contributed by atoms with Crippen LogP contribution in [0.15, 0.2) is 21.6 Å². The molecule has 1 aromatic heterocycles. The van der Waals surface area contributed by atoms with Crippen LogP contribution in [0.1, 0.15) is 46.8 Å². The van der Waals surface area contributed by atoms with Crippen molar-refractivity contribution >= 4 is 10.0 Å². The molecule has 0 aliphatic heterocycles. The summed E-state index contributed by atoms with van der Waals surface area (Å²) in [7, 11) is -3.60. The molecule has 2 N–H and O–H groups in total. The van der Waals surface area contributed by atoms with Gasteiger partial charge in [-0.05, 0) is 37.4 Å². The van der Waals surface area contributed by atoms with Crippen molar-refractivity contribution in [3.63, 3.8) is 0 Å². The van der Waals surface area contributed by atoms with Crippen LogP contribution in [0, 0.1) is 5.41 Å². The first-order valence-corrected chi connectivity index (χ1v) is 8.47. The van der Waals surface area contributed by atoms with Crippen molar-refractivity contribution in [2.24, 2.45) is 5.41 Å². The van der Waals surface area contributed by atoms with Crippen LogP contribution in [0.5, 0.6) is 0 Å². The van der Waals surface area contributed by atoms with Gasteiger partial charge in [-0.2, -0.15) is 0 Å². The van der Waals surface area contributed by atoms with Gasteiger partial charge in [-0.15, -0.1) is 0 Å². The molecular weight excluding hydrogens is 276 g/mol. The van der Waals surface area contributed by atoms with Crippen LogP contribution in [0.2, 0.25) is 0 Å². The minimum Gasteiger partial charge on any atom is -0.447 e. The highest BCUT2D eigenvalue weighted by atomic mass is 32.2. The van der Waals surface area contributed by atoms with Crippen LogP contribution in [0.3, 0.4) is 0 Å². The van der Waals surface area contributed by atoms with E-state index in [0.717, 1.165) is 13.0 Å². The van der Waals surface area contributed by atoms with E-state index < -0.39 is 10.0 Å². The first-order valence-electron chi connectivity index (χ1n) is 6.98. The number of rotatable bonds is 7. The molecule has 20 heavy (non-hydrogen) atoms. The monoisotopic (exact) mass is 302 g/mol. The number of nitrogens with one attached hydrogen (secondary N) is 2. The van der Waals surface area contributed by atoms with E-state index in [2.05, 4.69) is 17.0 Å². The van der Waals surface area contributed by atoms with E-state index in [0.29, 0.717) is 12.3 Å². The third kappa shape index (κ3) is 4.92. The van der Waals surface area contributed by atoms with Crippen molar-refractivity contribution in [1.82, 2.24) is 10.0 Å². The second kappa shape index (κ2) is 6.74. The zero-order valence-electron chi connectivity index (χ0n) is 13.0. The summed E-state index contributed by atoms with van der Waals surface area (Å²) in [5, 5.41) is 3.15. The fourth-order valence-electron chi connectivity index (χ4n) is 1.45. The number of sulfonamides is 1. The minimum atomic E-state index is -3.60. The first-order chi connectivity index (χ1) is 9.16. The van der Waals surface area contributed by atoms with E-state index in [1.807, 2.05) is 27.7 Å². The lowest BCUT2D eigenvalue weighted by molar-refractivity contribution is 0.314. The molecule has 1 atom stereocenters. The quantitative estimate of drug-likeness (QED) is 0.759. The van der Waals surface area contributed by atoms with E-state index >= 15 is 0 Å². The zero-order chi connectivity index (χ0) is 15.4. The average molecular weight is 302 g/mol. The molecule has 0 aromatic carbocycles. The Morgan fingerprint density at radius 3 is 2.50 bits per heavy atom. The molecule has 0 amide bonds. The van der Waals surface area contributed by atoms with Crippen molar-refractivity contribution in [2.45, 2.75) is 58.7 Å². The van der Waals surface area contributed by atoms with Gasteiger partial charge in [-0.1, -0.05) is 27.7 Å². The van der Waals surface area contributed by atoms with E-state index in [-0.39, 0.29) is 16.5 Å².